The van der Waals surface area contributed by atoms with Crippen LogP contribution in [0.4, 0.5) is 5.82 Å². The molecule has 1 aliphatic rings. The average Bonchev–Trinajstić information content (AvgIpc) is 2.46. The maximum atomic E-state index is 5.86. The van der Waals surface area contributed by atoms with Crippen LogP contribution in [0, 0.1) is 0 Å². The van der Waals surface area contributed by atoms with Gasteiger partial charge < -0.3 is 15.1 Å². The second-order valence-corrected chi connectivity index (χ2v) is 5.34. The molecule has 0 radical (unpaired) electrons. The third kappa shape index (κ3) is 4.05. The molecule has 2 rings (SSSR count). The van der Waals surface area contributed by atoms with Crippen molar-refractivity contribution in [3.8, 4) is 5.88 Å². The van der Waals surface area contributed by atoms with E-state index in [-0.39, 0.29) is 0 Å². The van der Waals surface area contributed by atoms with Crippen LogP contribution in [0.15, 0.2) is 6.07 Å². The Bertz CT molecular complexity index is 426. The summed E-state index contributed by atoms with van der Waals surface area (Å²) in [5.41, 5.74) is 2.57. The fourth-order valence-electron chi connectivity index (χ4n) is 2.49. The number of piperidine rings is 1. The Kier molecular flexibility index (Phi) is 5.55. The normalized spacial score (nSPS) is 19.9. The Morgan fingerprint density at radius 2 is 2.30 bits per heavy atom. The summed E-state index contributed by atoms with van der Waals surface area (Å²) in [6, 6.07) is 2.23. The molecule has 0 bridgehead atoms. The van der Waals surface area contributed by atoms with Crippen LogP contribution in [0.1, 0.15) is 38.4 Å². The molecule has 1 aliphatic heterocycles. The summed E-state index contributed by atoms with van der Waals surface area (Å²) in [7, 11) is 2.16. The summed E-state index contributed by atoms with van der Waals surface area (Å²) in [5.74, 6) is 7.43. The van der Waals surface area contributed by atoms with Crippen LogP contribution in [0.25, 0.3) is 0 Å². The number of ether oxygens (including phenoxy) is 1. The number of nitrogens with two attached hydrogens (primary N) is 1. The molecule has 1 aromatic heterocycles. The highest BCUT2D eigenvalue weighted by atomic mass is 16.5. The lowest BCUT2D eigenvalue weighted by molar-refractivity contribution is 0.122. The SMILES string of the molecule is CCCc1nc(NN)cc(OCC2CCCCN2C)n1. The molecule has 1 unspecified atom stereocenters. The minimum absolute atomic E-state index is 0.475. The van der Waals surface area contributed by atoms with Crippen molar-refractivity contribution in [3.63, 3.8) is 0 Å². The molecule has 0 amide bonds. The highest BCUT2D eigenvalue weighted by molar-refractivity contribution is 5.37. The van der Waals surface area contributed by atoms with Gasteiger partial charge in [-0.1, -0.05) is 13.3 Å². The number of nitrogen functional groups attached to an aromatic ring is 1. The molecule has 1 fully saturated rings. The zero-order chi connectivity index (χ0) is 14.4. The molecule has 1 aromatic rings. The van der Waals surface area contributed by atoms with E-state index in [1.165, 1.54) is 19.3 Å². The number of rotatable bonds is 6. The maximum absolute atomic E-state index is 5.86. The first-order valence-corrected chi connectivity index (χ1v) is 7.40. The molecule has 6 nitrogen and oxygen atoms in total. The first kappa shape index (κ1) is 15.0. The minimum atomic E-state index is 0.475. The Morgan fingerprint density at radius 1 is 1.45 bits per heavy atom. The zero-order valence-corrected chi connectivity index (χ0v) is 12.4. The average molecular weight is 279 g/mol. The first-order valence-electron chi connectivity index (χ1n) is 7.40. The summed E-state index contributed by atoms with van der Waals surface area (Å²) in [6.07, 6.45) is 5.57. The third-order valence-electron chi connectivity index (χ3n) is 3.72. The molecule has 6 heteroatoms. The van der Waals surface area contributed by atoms with Crippen molar-refractivity contribution < 1.29 is 4.74 Å². The molecule has 0 aromatic carbocycles. The standard InChI is InChI=1S/C14H25N5O/c1-3-6-12-16-13(18-15)9-14(17-12)20-10-11-7-4-5-8-19(11)2/h9,11H,3-8,10,15H2,1-2H3,(H,16,17,18). The van der Waals surface area contributed by atoms with E-state index in [1.807, 2.05) is 0 Å². The number of likely N-dealkylation sites (N-methyl/N-ethyl adjacent to an activating group) is 1. The number of nitrogens with one attached hydrogen (secondary N) is 1. The van der Waals surface area contributed by atoms with Gasteiger partial charge in [0, 0.05) is 18.5 Å². The smallest absolute Gasteiger partial charge is 0.218 e. The van der Waals surface area contributed by atoms with Crippen molar-refractivity contribution in [1.82, 2.24) is 14.9 Å². The lowest BCUT2D eigenvalue weighted by atomic mass is 10.0. The molecule has 1 atom stereocenters. The Morgan fingerprint density at radius 3 is 3.00 bits per heavy atom. The van der Waals surface area contributed by atoms with Crippen molar-refractivity contribution in [2.24, 2.45) is 5.84 Å². The van der Waals surface area contributed by atoms with E-state index in [9.17, 15) is 0 Å². The Balaban J connectivity index is 1.98. The summed E-state index contributed by atoms with van der Waals surface area (Å²) in [4.78, 5) is 11.1. The number of anilines is 1. The van der Waals surface area contributed by atoms with E-state index in [1.54, 1.807) is 6.07 Å². The number of aryl methyl sites for hydroxylation is 1. The molecular formula is C14H25N5O. The lowest BCUT2D eigenvalue weighted by Crippen LogP contribution is -2.40. The molecule has 0 spiro atoms. The second-order valence-electron chi connectivity index (χ2n) is 5.34. The quantitative estimate of drug-likeness (QED) is 0.608. The first-order chi connectivity index (χ1) is 9.72. The predicted molar refractivity (Wildman–Crippen MR) is 79.6 cm³/mol. The summed E-state index contributed by atoms with van der Waals surface area (Å²) in [6.45, 7) is 3.92. The topological polar surface area (TPSA) is 76.3 Å². The van der Waals surface area contributed by atoms with Crippen LogP contribution >= 0.6 is 0 Å². The molecular weight excluding hydrogens is 254 g/mol. The molecule has 0 aliphatic carbocycles. The highest BCUT2D eigenvalue weighted by Gasteiger charge is 2.19. The molecule has 112 valence electrons. The Hall–Kier alpha value is -1.40. The van der Waals surface area contributed by atoms with Gasteiger partial charge in [0.2, 0.25) is 5.88 Å². The van der Waals surface area contributed by atoms with Crippen molar-refractivity contribution in [3.05, 3.63) is 11.9 Å². The van der Waals surface area contributed by atoms with Crippen LogP contribution in [0.2, 0.25) is 0 Å². The van der Waals surface area contributed by atoms with Crippen molar-refractivity contribution in [2.45, 2.75) is 45.1 Å². The van der Waals surface area contributed by atoms with E-state index < -0.39 is 0 Å². The van der Waals surface area contributed by atoms with E-state index in [2.05, 4.69) is 34.3 Å². The third-order valence-corrected chi connectivity index (χ3v) is 3.72. The monoisotopic (exact) mass is 279 g/mol. The van der Waals surface area contributed by atoms with Crippen molar-refractivity contribution in [1.29, 1.82) is 0 Å². The number of aromatic nitrogens is 2. The number of hydrazine groups is 1. The number of nitrogens with zero attached hydrogens (tertiary/aromatic N) is 3. The maximum Gasteiger partial charge on any atom is 0.218 e. The minimum Gasteiger partial charge on any atom is -0.476 e. The lowest BCUT2D eigenvalue weighted by Gasteiger charge is -2.31. The summed E-state index contributed by atoms with van der Waals surface area (Å²) < 4.78 is 5.86. The van der Waals surface area contributed by atoms with Gasteiger partial charge in [-0.05, 0) is 32.9 Å². The van der Waals surface area contributed by atoms with Crippen LogP contribution in [0.3, 0.4) is 0 Å². The van der Waals surface area contributed by atoms with Crippen molar-refractivity contribution >= 4 is 5.82 Å². The van der Waals surface area contributed by atoms with Gasteiger partial charge in [-0.3, -0.25) is 0 Å². The van der Waals surface area contributed by atoms with E-state index in [0.29, 0.717) is 24.3 Å². The second kappa shape index (κ2) is 7.40. The van der Waals surface area contributed by atoms with Crippen molar-refractivity contribution in [2.75, 3.05) is 25.6 Å². The molecule has 0 saturated carbocycles. The van der Waals surface area contributed by atoms with Gasteiger partial charge in [0.05, 0.1) is 0 Å². The largest absolute Gasteiger partial charge is 0.476 e. The zero-order valence-electron chi connectivity index (χ0n) is 12.4. The molecule has 2 heterocycles. The van der Waals surface area contributed by atoms with Gasteiger partial charge in [-0.15, -0.1) is 0 Å². The van der Waals surface area contributed by atoms with Gasteiger partial charge in [-0.2, -0.15) is 4.98 Å². The van der Waals surface area contributed by atoms with Gasteiger partial charge in [0.15, 0.2) is 0 Å². The van der Waals surface area contributed by atoms with E-state index in [4.69, 9.17) is 10.6 Å². The number of hydrogen-bond acceptors (Lipinski definition) is 6. The molecule has 3 N–H and O–H groups in total. The van der Waals surface area contributed by atoms with Crippen LogP contribution in [0.5, 0.6) is 5.88 Å². The van der Waals surface area contributed by atoms with Gasteiger partial charge >= 0.3 is 0 Å². The fourth-order valence-corrected chi connectivity index (χ4v) is 2.49. The molecule has 1 saturated heterocycles. The molecule has 20 heavy (non-hydrogen) atoms. The predicted octanol–water partition coefficient (Wildman–Crippen LogP) is 1.58. The number of hydrogen-bond donors (Lipinski definition) is 2. The van der Waals surface area contributed by atoms with Crippen LogP contribution < -0.4 is 16.0 Å². The van der Waals surface area contributed by atoms with Crippen LogP contribution in [-0.2, 0) is 6.42 Å². The fraction of sp³-hybridized carbons (Fsp3) is 0.714. The van der Waals surface area contributed by atoms with Gasteiger partial charge in [-0.25, -0.2) is 10.8 Å². The van der Waals surface area contributed by atoms with Gasteiger partial charge in [0.25, 0.3) is 0 Å². The van der Waals surface area contributed by atoms with E-state index >= 15 is 0 Å². The highest BCUT2D eigenvalue weighted by Crippen LogP contribution is 2.18. The number of likely N-dealkylation sites (tertiary alicyclic amines) is 1. The van der Waals surface area contributed by atoms with Gasteiger partial charge in [0.1, 0.15) is 18.2 Å². The van der Waals surface area contributed by atoms with E-state index in [0.717, 1.165) is 25.2 Å². The van der Waals surface area contributed by atoms with Crippen LogP contribution in [-0.4, -0.2) is 41.1 Å². The Labute approximate surface area is 120 Å². The summed E-state index contributed by atoms with van der Waals surface area (Å²) in [5, 5.41) is 0. The summed E-state index contributed by atoms with van der Waals surface area (Å²) >= 11 is 0.